The largest absolute Gasteiger partial charge is 0.407 e. The van der Waals surface area contributed by atoms with Crippen molar-refractivity contribution in [1.82, 2.24) is 5.06 Å². The van der Waals surface area contributed by atoms with Crippen molar-refractivity contribution in [2.75, 3.05) is 0 Å². The minimum Gasteiger partial charge on any atom is -0.407 e. The summed E-state index contributed by atoms with van der Waals surface area (Å²) in [6.07, 6.45) is 6.51. The van der Waals surface area contributed by atoms with E-state index in [0.717, 1.165) is 5.57 Å². The number of carbonyl (C=O) groups excluding carboxylic acids is 2. The Hall–Kier alpha value is -1.79. The number of hydrogen-bond donors (Lipinski definition) is 0. The second-order valence-electron chi connectivity index (χ2n) is 3.84. The van der Waals surface area contributed by atoms with Crippen LogP contribution < -0.4 is 0 Å². The molecule has 6 heteroatoms. The molecule has 0 radical (unpaired) electrons. The maximum absolute atomic E-state index is 11.6. The van der Waals surface area contributed by atoms with Gasteiger partial charge in [0, 0.05) is 11.1 Å². The van der Waals surface area contributed by atoms with Gasteiger partial charge in [0.15, 0.2) is 0 Å². The molecule has 0 atom stereocenters. The van der Waals surface area contributed by atoms with Gasteiger partial charge in [0.25, 0.3) is 11.8 Å². The van der Waals surface area contributed by atoms with Crippen LogP contribution in [0.5, 0.6) is 0 Å². The lowest BCUT2D eigenvalue weighted by molar-refractivity contribution is -0.161. The lowest BCUT2D eigenvalue weighted by Gasteiger charge is -2.10. The van der Waals surface area contributed by atoms with Crippen LogP contribution in [0.2, 0.25) is 0 Å². The van der Waals surface area contributed by atoms with E-state index >= 15 is 0 Å². The zero-order chi connectivity index (χ0) is 14.4. The molecule has 102 valence electrons. The Balaban J connectivity index is 2.38. The van der Waals surface area contributed by atoms with Crippen LogP contribution in [0.1, 0.15) is 20.8 Å². The lowest BCUT2D eigenvalue weighted by atomic mass is 10.2. The molecule has 0 aromatic heterocycles. The van der Waals surface area contributed by atoms with Gasteiger partial charge in [0.1, 0.15) is 6.26 Å². The maximum atomic E-state index is 11.6. The fraction of sp³-hybridized carbons (Fsp3) is 0.231. The van der Waals surface area contributed by atoms with Crippen molar-refractivity contribution < 1.29 is 18.1 Å². The van der Waals surface area contributed by atoms with Gasteiger partial charge in [0.2, 0.25) is 12.3 Å². The van der Waals surface area contributed by atoms with Gasteiger partial charge in [-0.3, -0.25) is 9.59 Å². The van der Waals surface area contributed by atoms with Gasteiger partial charge in [-0.05, 0) is 26.8 Å². The average Bonchev–Trinajstić information content (AvgIpc) is 2.59. The van der Waals surface area contributed by atoms with Gasteiger partial charge >= 0.3 is 0 Å². The molecule has 19 heavy (non-hydrogen) atoms. The Labute approximate surface area is 116 Å². The summed E-state index contributed by atoms with van der Waals surface area (Å²) in [6.45, 7) is 8.64. The molecule has 0 N–H and O–H groups in total. The third-order valence-electron chi connectivity index (χ3n) is 2.53. The highest BCUT2D eigenvalue weighted by atomic mass is 32.2. The summed E-state index contributed by atoms with van der Waals surface area (Å²) in [5.41, 5.74) is 1.74. The topological polar surface area (TPSA) is 55.8 Å². The molecule has 1 aliphatic heterocycles. The summed E-state index contributed by atoms with van der Waals surface area (Å²) in [6, 6.07) is 0. The minimum absolute atomic E-state index is 0.380. The summed E-state index contributed by atoms with van der Waals surface area (Å²) in [7, 11) is 0. The summed E-state index contributed by atoms with van der Waals surface area (Å²) in [4.78, 5) is 23.2. The fourth-order valence-corrected chi connectivity index (χ4v) is 1.49. The molecule has 0 aromatic rings. The first-order valence-corrected chi connectivity index (χ1v) is 6.18. The van der Waals surface area contributed by atoms with E-state index in [1.807, 2.05) is 6.92 Å². The number of carbonyl (C=O) groups is 2. The number of amides is 2. The summed E-state index contributed by atoms with van der Waals surface area (Å²) in [5.74, 6) is -0.935. The Kier molecular flexibility index (Phi) is 5.59. The van der Waals surface area contributed by atoms with Gasteiger partial charge in [-0.2, -0.15) is 0 Å². The van der Waals surface area contributed by atoms with Crippen LogP contribution in [0.3, 0.4) is 0 Å². The third-order valence-corrected chi connectivity index (χ3v) is 2.93. The monoisotopic (exact) mass is 281 g/mol. The molecule has 1 rings (SSSR count). The highest BCUT2D eigenvalue weighted by Gasteiger charge is 2.35. The minimum atomic E-state index is -0.468. The molecular formula is C13H15NO4S. The first kappa shape index (κ1) is 15.3. The van der Waals surface area contributed by atoms with Crippen molar-refractivity contribution in [3.8, 4) is 0 Å². The van der Waals surface area contributed by atoms with Crippen molar-refractivity contribution >= 4 is 24.1 Å². The Bertz CT molecular complexity index is 467. The van der Waals surface area contributed by atoms with Gasteiger partial charge in [-0.1, -0.05) is 24.3 Å². The zero-order valence-electron chi connectivity index (χ0n) is 11.0. The van der Waals surface area contributed by atoms with Crippen molar-refractivity contribution in [3.05, 3.63) is 47.8 Å². The zero-order valence-corrected chi connectivity index (χ0v) is 11.8. The van der Waals surface area contributed by atoms with E-state index in [1.165, 1.54) is 6.26 Å². The highest BCUT2D eigenvalue weighted by Crippen LogP contribution is 2.23. The molecule has 0 fully saturated rings. The first-order valence-electron chi connectivity index (χ1n) is 5.51. The van der Waals surface area contributed by atoms with Crippen molar-refractivity contribution in [2.45, 2.75) is 20.8 Å². The predicted octanol–water partition coefficient (Wildman–Crippen LogP) is 2.85. The molecular weight excluding hydrogens is 266 g/mol. The van der Waals surface area contributed by atoms with Crippen molar-refractivity contribution in [2.24, 2.45) is 0 Å². The van der Waals surface area contributed by atoms with E-state index in [2.05, 4.69) is 6.58 Å². The smallest absolute Gasteiger partial charge is 0.282 e. The van der Waals surface area contributed by atoms with E-state index < -0.39 is 11.8 Å². The average molecular weight is 281 g/mol. The fourth-order valence-electron chi connectivity index (χ4n) is 1.15. The molecule has 0 spiro atoms. The van der Waals surface area contributed by atoms with Crippen LogP contribution in [-0.4, -0.2) is 16.9 Å². The van der Waals surface area contributed by atoms with E-state index in [-0.39, 0.29) is 0 Å². The van der Waals surface area contributed by atoms with Gasteiger partial charge in [-0.25, -0.2) is 0 Å². The molecule has 0 aromatic carbocycles. The maximum Gasteiger partial charge on any atom is 0.282 e. The van der Waals surface area contributed by atoms with E-state index in [0.29, 0.717) is 28.5 Å². The van der Waals surface area contributed by atoms with Crippen LogP contribution in [0.15, 0.2) is 47.8 Å². The second-order valence-corrected chi connectivity index (χ2v) is 4.31. The van der Waals surface area contributed by atoms with Crippen LogP contribution in [0.4, 0.5) is 0 Å². The Morgan fingerprint density at radius 3 is 2.37 bits per heavy atom. The first-order chi connectivity index (χ1) is 8.99. The molecule has 2 amide bonds. The number of nitrogens with zero attached hydrogens (tertiary/aromatic N) is 1. The Morgan fingerprint density at radius 1 is 1.26 bits per heavy atom. The number of imide groups is 1. The molecule has 1 heterocycles. The van der Waals surface area contributed by atoms with E-state index in [1.54, 1.807) is 32.1 Å². The molecule has 0 saturated carbocycles. The molecule has 0 bridgehead atoms. The van der Waals surface area contributed by atoms with E-state index in [9.17, 15) is 9.59 Å². The molecule has 0 aliphatic carbocycles. The predicted molar refractivity (Wildman–Crippen MR) is 73.1 cm³/mol. The number of hydroxylamine groups is 2. The third kappa shape index (κ3) is 3.84. The lowest BCUT2D eigenvalue weighted by Crippen LogP contribution is -2.29. The van der Waals surface area contributed by atoms with Crippen LogP contribution in [-0.2, 0) is 18.1 Å². The highest BCUT2D eigenvalue weighted by molar-refractivity contribution is 7.89. The van der Waals surface area contributed by atoms with Gasteiger partial charge < -0.3 is 4.18 Å². The quantitative estimate of drug-likeness (QED) is 0.246. The molecule has 5 nitrogen and oxygen atoms in total. The number of rotatable bonds is 6. The molecule has 1 aliphatic rings. The van der Waals surface area contributed by atoms with Crippen molar-refractivity contribution in [3.63, 3.8) is 0 Å². The van der Waals surface area contributed by atoms with Gasteiger partial charge in [0.05, 0.1) is 0 Å². The van der Waals surface area contributed by atoms with E-state index in [4.69, 9.17) is 8.47 Å². The second kappa shape index (κ2) is 6.96. The van der Waals surface area contributed by atoms with Crippen LogP contribution in [0.25, 0.3) is 0 Å². The normalized spacial score (nSPS) is 16.8. The number of hydrogen-bond acceptors (Lipinski definition) is 5. The number of allylic oxidation sites excluding steroid dienone is 4. The summed E-state index contributed by atoms with van der Waals surface area (Å²) >= 11 is 0.537. The molecule has 0 unspecified atom stereocenters. The van der Waals surface area contributed by atoms with Crippen molar-refractivity contribution in [1.29, 1.82) is 0 Å². The summed E-state index contributed by atoms with van der Waals surface area (Å²) in [5, 5.41) is 0.675. The Morgan fingerprint density at radius 2 is 1.84 bits per heavy atom. The molecule has 0 saturated heterocycles. The SMILES string of the molecule is C=C/C(C)=C\C=C\OSON1C(=O)C(C)=C(C)C1=O. The van der Waals surface area contributed by atoms with Crippen LogP contribution in [0, 0.1) is 0 Å². The standard InChI is InChI=1S/C13H15NO4S/c1-5-9(2)7-6-8-17-19-18-14-12(15)10(3)11(4)13(14)16/h5-8H,1H2,2-4H3/b8-6+,9-7-. The van der Waals surface area contributed by atoms with Crippen LogP contribution >= 0.6 is 12.3 Å². The van der Waals surface area contributed by atoms with Gasteiger partial charge in [-0.15, -0.1) is 9.35 Å². The summed E-state index contributed by atoms with van der Waals surface area (Å²) < 4.78 is 9.82.